The van der Waals surface area contributed by atoms with Crippen molar-refractivity contribution in [1.82, 2.24) is 4.98 Å². The molecule has 3 fully saturated rings. The van der Waals surface area contributed by atoms with Gasteiger partial charge in [0.1, 0.15) is 18.7 Å². The van der Waals surface area contributed by atoms with Crippen LogP contribution in [-0.2, 0) is 6.54 Å². The van der Waals surface area contributed by atoms with Gasteiger partial charge < -0.3 is 22.0 Å². The van der Waals surface area contributed by atoms with E-state index in [-0.39, 0.29) is 18.4 Å². The summed E-state index contributed by atoms with van der Waals surface area (Å²) in [6, 6.07) is 21.2. The SMILES string of the molecule is C=CC1C[N+]2(Cc3ccccc3)CCC1C[C@H]2[C@H](O)c1ccnc2ccccc12.[Cl-]. The van der Waals surface area contributed by atoms with Crippen LogP contribution in [0.2, 0.25) is 0 Å². The van der Waals surface area contributed by atoms with Crippen LogP contribution in [-0.4, -0.2) is 33.7 Å². The molecule has 2 bridgehead atoms. The van der Waals surface area contributed by atoms with Gasteiger partial charge in [-0.2, -0.15) is 0 Å². The van der Waals surface area contributed by atoms with E-state index in [1.165, 1.54) is 12.0 Å². The fourth-order valence-electron chi connectivity index (χ4n) is 5.91. The first kappa shape index (κ1) is 21.0. The molecule has 1 N–H and O–H groups in total. The molecule has 3 nitrogen and oxygen atoms in total. The molecule has 0 spiro atoms. The molecule has 3 aromatic rings. The number of hydrogen-bond donors (Lipinski definition) is 1. The van der Waals surface area contributed by atoms with Crippen molar-refractivity contribution in [3.05, 3.63) is 90.6 Å². The first-order chi connectivity index (χ1) is 14.2. The lowest BCUT2D eigenvalue weighted by molar-refractivity contribution is -0.984. The standard InChI is InChI=1S/C26H29N2O.ClH/c1-2-20-18-28(17-19-8-4-3-5-9-19)15-13-21(20)16-25(28)26(29)23-12-14-27-24-11-7-6-10-22(23)24;/h2-12,14,20-21,25-26,29H,1,13,15-18H2;1H/q+1;/p-1/t20?,21?,25-,26+,28?;/m0./s1. The Morgan fingerprint density at radius 2 is 1.87 bits per heavy atom. The summed E-state index contributed by atoms with van der Waals surface area (Å²) in [4.78, 5) is 4.50. The molecule has 0 aliphatic carbocycles. The van der Waals surface area contributed by atoms with Crippen molar-refractivity contribution in [2.75, 3.05) is 13.1 Å². The van der Waals surface area contributed by atoms with Gasteiger partial charge in [-0.1, -0.05) is 54.6 Å². The van der Waals surface area contributed by atoms with E-state index in [1.807, 2.05) is 30.5 Å². The fourth-order valence-corrected chi connectivity index (χ4v) is 5.91. The first-order valence-electron chi connectivity index (χ1n) is 10.7. The van der Waals surface area contributed by atoms with Gasteiger partial charge >= 0.3 is 0 Å². The number of benzene rings is 2. The molecule has 1 aromatic heterocycles. The Morgan fingerprint density at radius 3 is 2.67 bits per heavy atom. The van der Waals surface area contributed by atoms with E-state index >= 15 is 0 Å². The van der Waals surface area contributed by atoms with Crippen molar-refractivity contribution < 1.29 is 22.0 Å². The van der Waals surface area contributed by atoms with E-state index in [0.717, 1.165) is 47.0 Å². The van der Waals surface area contributed by atoms with Gasteiger partial charge in [-0.3, -0.25) is 4.98 Å². The number of rotatable bonds is 5. The Kier molecular flexibility index (Phi) is 5.97. The van der Waals surface area contributed by atoms with Crippen LogP contribution in [0.5, 0.6) is 0 Å². The molecule has 6 rings (SSSR count). The van der Waals surface area contributed by atoms with Gasteiger partial charge in [-0.05, 0) is 23.6 Å². The minimum Gasteiger partial charge on any atom is -1.00 e. The summed E-state index contributed by atoms with van der Waals surface area (Å²) in [5.74, 6) is 1.18. The summed E-state index contributed by atoms with van der Waals surface area (Å²) in [5.41, 5.74) is 3.33. The number of para-hydroxylation sites is 1. The lowest BCUT2D eigenvalue weighted by Gasteiger charge is -2.58. The molecule has 3 unspecified atom stereocenters. The van der Waals surface area contributed by atoms with Crippen LogP contribution in [0.3, 0.4) is 0 Å². The summed E-state index contributed by atoms with van der Waals surface area (Å²) >= 11 is 0. The second-order valence-corrected chi connectivity index (χ2v) is 8.88. The van der Waals surface area contributed by atoms with Crippen molar-refractivity contribution >= 4 is 10.9 Å². The van der Waals surface area contributed by atoms with E-state index in [9.17, 15) is 5.11 Å². The van der Waals surface area contributed by atoms with E-state index in [2.05, 4.69) is 54.0 Å². The summed E-state index contributed by atoms with van der Waals surface area (Å²) < 4.78 is 0.953. The topological polar surface area (TPSA) is 33.1 Å². The molecular formula is C26H29ClN2O. The maximum Gasteiger partial charge on any atom is 0.131 e. The van der Waals surface area contributed by atoms with Crippen LogP contribution in [0.15, 0.2) is 79.5 Å². The Morgan fingerprint density at radius 1 is 1.10 bits per heavy atom. The van der Waals surface area contributed by atoms with E-state index in [4.69, 9.17) is 0 Å². The monoisotopic (exact) mass is 420 g/mol. The third-order valence-electron chi connectivity index (χ3n) is 7.38. The quantitative estimate of drug-likeness (QED) is 0.505. The summed E-state index contributed by atoms with van der Waals surface area (Å²) in [5, 5.41) is 12.8. The van der Waals surface area contributed by atoms with Gasteiger partial charge in [-0.15, -0.1) is 6.58 Å². The number of pyridine rings is 1. The molecule has 0 amide bonds. The number of halogens is 1. The normalized spacial score (nSPS) is 28.6. The molecule has 4 heterocycles. The van der Waals surface area contributed by atoms with Gasteiger partial charge in [0.25, 0.3) is 0 Å². The smallest absolute Gasteiger partial charge is 0.131 e. The Balaban J connectivity index is 0.00000218. The van der Waals surface area contributed by atoms with E-state index in [1.54, 1.807) is 0 Å². The fraction of sp³-hybridized carbons (Fsp3) is 0.346. The Hall–Kier alpha value is -2.20. The lowest BCUT2D eigenvalue weighted by atomic mass is 9.71. The Labute approximate surface area is 185 Å². The largest absolute Gasteiger partial charge is 1.00 e. The van der Waals surface area contributed by atoms with E-state index in [0.29, 0.717) is 11.8 Å². The highest BCUT2D eigenvalue weighted by Gasteiger charge is 2.53. The number of aliphatic hydroxyl groups is 1. The molecule has 2 aromatic carbocycles. The highest BCUT2D eigenvalue weighted by atomic mass is 35.5. The van der Waals surface area contributed by atoms with Crippen molar-refractivity contribution in [3.63, 3.8) is 0 Å². The predicted molar refractivity (Wildman–Crippen MR) is 117 cm³/mol. The number of aliphatic hydroxyl groups excluding tert-OH is 1. The number of nitrogens with zero attached hydrogens (tertiary/aromatic N) is 2. The lowest BCUT2D eigenvalue weighted by Crippen LogP contribution is -3.00. The molecular weight excluding hydrogens is 392 g/mol. The minimum atomic E-state index is -0.486. The Bertz CT molecular complexity index is 1020. The number of fused-ring (bicyclic) bond motifs is 4. The van der Waals surface area contributed by atoms with Crippen LogP contribution in [0, 0.1) is 11.8 Å². The van der Waals surface area contributed by atoms with Crippen LogP contribution >= 0.6 is 0 Å². The van der Waals surface area contributed by atoms with Gasteiger partial charge in [0, 0.05) is 35.9 Å². The number of piperidine rings is 3. The highest BCUT2D eigenvalue weighted by Crippen LogP contribution is 2.47. The van der Waals surface area contributed by atoms with Crippen LogP contribution in [0.25, 0.3) is 10.9 Å². The van der Waals surface area contributed by atoms with Crippen molar-refractivity contribution in [3.8, 4) is 0 Å². The molecule has 3 aliphatic heterocycles. The highest BCUT2D eigenvalue weighted by molar-refractivity contribution is 5.82. The summed E-state index contributed by atoms with van der Waals surface area (Å²) in [7, 11) is 0. The van der Waals surface area contributed by atoms with Crippen molar-refractivity contribution in [2.24, 2.45) is 11.8 Å². The number of aromatic nitrogens is 1. The molecule has 4 heteroatoms. The average Bonchev–Trinajstić information content (AvgIpc) is 2.78. The molecule has 3 aliphatic rings. The van der Waals surface area contributed by atoms with Crippen LogP contribution in [0.1, 0.15) is 30.1 Å². The molecule has 156 valence electrons. The zero-order valence-corrected chi connectivity index (χ0v) is 18.0. The number of hydrogen-bond acceptors (Lipinski definition) is 2. The molecule has 0 radical (unpaired) electrons. The van der Waals surface area contributed by atoms with Crippen LogP contribution < -0.4 is 12.4 Å². The van der Waals surface area contributed by atoms with E-state index < -0.39 is 6.10 Å². The van der Waals surface area contributed by atoms with Gasteiger partial charge in [0.15, 0.2) is 0 Å². The van der Waals surface area contributed by atoms with Crippen LogP contribution in [0.4, 0.5) is 0 Å². The minimum absolute atomic E-state index is 0. The summed E-state index contributed by atoms with van der Waals surface area (Å²) in [6.07, 6.45) is 5.79. The average molecular weight is 421 g/mol. The first-order valence-corrected chi connectivity index (χ1v) is 10.7. The maximum atomic E-state index is 11.7. The third-order valence-corrected chi connectivity index (χ3v) is 7.38. The second-order valence-electron chi connectivity index (χ2n) is 8.88. The number of quaternary nitrogens is 1. The third kappa shape index (κ3) is 3.56. The predicted octanol–water partition coefficient (Wildman–Crippen LogP) is 1.88. The van der Waals surface area contributed by atoms with Gasteiger partial charge in [0.05, 0.1) is 18.6 Å². The van der Waals surface area contributed by atoms with Crippen molar-refractivity contribution in [1.29, 1.82) is 0 Å². The molecule has 0 saturated carbocycles. The molecule has 3 saturated heterocycles. The second kappa shape index (κ2) is 8.50. The molecule has 5 atom stereocenters. The summed E-state index contributed by atoms with van der Waals surface area (Å²) in [6.45, 7) is 7.32. The zero-order valence-electron chi connectivity index (χ0n) is 17.2. The maximum absolute atomic E-state index is 11.7. The van der Waals surface area contributed by atoms with Gasteiger partial charge in [0.2, 0.25) is 0 Å². The van der Waals surface area contributed by atoms with Gasteiger partial charge in [-0.25, -0.2) is 0 Å². The molecule has 30 heavy (non-hydrogen) atoms. The zero-order chi connectivity index (χ0) is 19.8. The van der Waals surface area contributed by atoms with Crippen molar-refractivity contribution in [2.45, 2.75) is 31.5 Å².